The molecule has 11 heavy (non-hydrogen) atoms. The Morgan fingerprint density at radius 3 is 2.18 bits per heavy atom. The van der Waals surface area contributed by atoms with Crippen molar-refractivity contribution in [2.45, 2.75) is 38.8 Å². The Hall–Kier alpha value is -0.120. The molecule has 0 saturated heterocycles. The van der Waals surface area contributed by atoms with Crippen LogP contribution in [0.15, 0.2) is 0 Å². The predicted molar refractivity (Wildman–Crippen MR) is 47.1 cm³/mol. The topological polar surface area (TPSA) is 72.3 Å². The van der Waals surface area contributed by atoms with Gasteiger partial charge in [0, 0.05) is 12.1 Å². The molecule has 0 aliphatic carbocycles. The standard InChI is InChI=1S/C8H20N2O/c1-6(7(2)11)4-8(3,10)5-9/h6-7,11H,4-5,9-10H2,1-3H3. The Morgan fingerprint density at radius 1 is 1.45 bits per heavy atom. The molecule has 0 radical (unpaired) electrons. The highest BCUT2D eigenvalue weighted by Crippen LogP contribution is 2.15. The van der Waals surface area contributed by atoms with E-state index in [-0.39, 0.29) is 17.6 Å². The molecule has 3 unspecified atom stereocenters. The molecule has 68 valence electrons. The van der Waals surface area contributed by atoms with Crippen LogP contribution in [0.2, 0.25) is 0 Å². The van der Waals surface area contributed by atoms with Crippen LogP contribution < -0.4 is 11.5 Å². The first kappa shape index (κ1) is 10.9. The summed E-state index contributed by atoms with van der Waals surface area (Å²) in [7, 11) is 0. The monoisotopic (exact) mass is 160 g/mol. The van der Waals surface area contributed by atoms with Crippen LogP contribution >= 0.6 is 0 Å². The smallest absolute Gasteiger partial charge is 0.0538 e. The molecule has 3 nitrogen and oxygen atoms in total. The van der Waals surface area contributed by atoms with E-state index < -0.39 is 0 Å². The van der Waals surface area contributed by atoms with Crippen molar-refractivity contribution in [3.63, 3.8) is 0 Å². The minimum atomic E-state index is -0.337. The zero-order chi connectivity index (χ0) is 9.07. The van der Waals surface area contributed by atoms with Crippen LogP contribution in [0.25, 0.3) is 0 Å². The number of hydrogen-bond donors (Lipinski definition) is 3. The van der Waals surface area contributed by atoms with Crippen molar-refractivity contribution in [3.8, 4) is 0 Å². The van der Waals surface area contributed by atoms with Gasteiger partial charge in [0.2, 0.25) is 0 Å². The summed E-state index contributed by atoms with van der Waals surface area (Å²) in [5.74, 6) is 0.216. The summed E-state index contributed by atoms with van der Waals surface area (Å²) in [6.45, 7) is 6.12. The van der Waals surface area contributed by atoms with Gasteiger partial charge in [-0.25, -0.2) is 0 Å². The molecule has 0 rings (SSSR count). The van der Waals surface area contributed by atoms with E-state index in [1.807, 2.05) is 13.8 Å². The van der Waals surface area contributed by atoms with Crippen LogP contribution in [0.5, 0.6) is 0 Å². The van der Waals surface area contributed by atoms with Gasteiger partial charge in [-0.15, -0.1) is 0 Å². The van der Waals surface area contributed by atoms with E-state index in [2.05, 4.69) is 0 Å². The van der Waals surface area contributed by atoms with E-state index in [9.17, 15) is 5.11 Å². The average molecular weight is 160 g/mol. The zero-order valence-corrected chi connectivity index (χ0v) is 7.67. The van der Waals surface area contributed by atoms with Crippen LogP contribution in [0.3, 0.4) is 0 Å². The largest absolute Gasteiger partial charge is 0.393 e. The van der Waals surface area contributed by atoms with Crippen LogP contribution in [0.4, 0.5) is 0 Å². The van der Waals surface area contributed by atoms with Gasteiger partial charge >= 0.3 is 0 Å². The van der Waals surface area contributed by atoms with Gasteiger partial charge in [-0.2, -0.15) is 0 Å². The number of rotatable bonds is 4. The number of nitrogens with two attached hydrogens (primary N) is 2. The van der Waals surface area contributed by atoms with Crippen LogP contribution in [-0.2, 0) is 0 Å². The van der Waals surface area contributed by atoms with E-state index >= 15 is 0 Å². The fraction of sp³-hybridized carbons (Fsp3) is 1.00. The summed E-state index contributed by atoms with van der Waals surface area (Å²) in [6, 6.07) is 0. The van der Waals surface area contributed by atoms with E-state index in [0.717, 1.165) is 6.42 Å². The lowest BCUT2D eigenvalue weighted by Gasteiger charge is -2.27. The summed E-state index contributed by atoms with van der Waals surface area (Å²) in [5, 5.41) is 9.18. The second-order valence-corrected chi connectivity index (χ2v) is 3.78. The molecule has 0 saturated carbocycles. The minimum Gasteiger partial charge on any atom is -0.393 e. The molecule has 0 amide bonds. The van der Waals surface area contributed by atoms with Gasteiger partial charge in [0.05, 0.1) is 6.10 Å². The van der Waals surface area contributed by atoms with Gasteiger partial charge in [-0.05, 0) is 26.2 Å². The van der Waals surface area contributed by atoms with Gasteiger partial charge < -0.3 is 16.6 Å². The maximum Gasteiger partial charge on any atom is 0.0538 e. The molecule has 0 aromatic rings. The van der Waals surface area contributed by atoms with Gasteiger partial charge in [0.1, 0.15) is 0 Å². The number of hydrogen-bond acceptors (Lipinski definition) is 3. The lowest BCUT2D eigenvalue weighted by molar-refractivity contribution is 0.116. The summed E-state index contributed by atoms with van der Waals surface area (Å²) in [6.07, 6.45) is 0.464. The van der Waals surface area contributed by atoms with Crippen molar-refractivity contribution in [2.24, 2.45) is 17.4 Å². The summed E-state index contributed by atoms with van der Waals surface area (Å²) in [5.41, 5.74) is 10.9. The van der Waals surface area contributed by atoms with Crippen LogP contribution in [0.1, 0.15) is 27.2 Å². The Kier molecular flexibility index (Phi) is 4.00. The van der Waals surface area contributed by atoms with Crippen molar-refractivity contribution >= 4 is 0 Å². The second-order valence-electron chi connectivity index (χ2n) is 3.78. The van der Waals surface area contributed by atoms with Gasteiger partial charge in [-0.3, -0.25) is 0 Å². The third-order valence-electron chi connectivity index (χ3n) is 2.08. The maximum absolute atomic E-state index is 9.18. The van der Waals surface area contributed by atoms with Gasteiger partial charge in [0.15, 0.2) is 0 Å². The van der Waals surface area contributed by atoms with E-state index in [4.69, 9.17) is 11.5 Å². The third kappa shape index (κ3) is 4.35. The molecule has 0 aromatic carbocycles. The molecular formula is C8H20N2O. The number of aliphatic hydroxyl groups excluding tert-OH is 1. The van der Waals surface area contributed by atoms with Gasteiger partial charge in [-0.1, -0.05) is 6.92 Å². The van der Waals surface area contributed by atoms with E-state index in [0.29, 0.717) is 6.54 Å². The van der Waals surface area contributed by atoms with Crippen molar-refractivity contribution in [1.82, 2.24) is 0 Å². The molecule has 5 N–H and O–H groups in total. The SMILES string of the molecule is CC(O)C(C)CC(C)(N)CN. The van der Waals surface area contributed by atoms with E-state index in [1.54, 1.807) is 6.92 Å². The van der Waals surface area contributed by atoms with Crippen molar-refractivity contribution in [2.75, 3.05) is 6.54 Å². The first-order chi connectivity index (χ1) is 4.89. The summed E-state index contributed by atoms with van der Waals surface area (Å²) in [4.78, 5) is 0. The van der Waals surface area contributed by atoms with E-state index in [1.165, 1.54) is 0 Å². The first-order valence-electron chi connectivity index (χ1n) is 4.06. The molecule has 0 heterocycles. The molecule has 3 atom stereocenters. The van der Waals surface area contributed by atoms with Crippen molar-refractivity contribution in [3.05, 3.63) is 0 Å². The Balaban J connectivity index is 3.83. The Morgan fingerprint density at radius 2 is 1.91 bits per heavy atom. The fourth-order valence-corrected chi connectivity index (χ4v) is 0.989. The summed E-state index contributed by atoms with van der Waals surface area (Å²) < 4.78 is 0. The third-order valence-corrected chi connectivity index (χ3v) is 2.08. The average Bonchev–Trinajstić information content (AvgIpc) is 1.87. The lowest BCUT2D eigenvalue weighted by atomic mass is 9.88. The van der Waals surface area contributed by atoms with Crippen LogP contribution in [-0.4, -0.2) is 23.3 Å². The predicted octanol–water partition coefficient (Wildman–Crippen LogP) is 0.0695. The summed E-state index contributed by atoms with van der Waals surface area (Å²) >= 11 is 0. The molecule has 0 spiro atoms. The van der Waals surface area contributed by atoms with Crippen LogP contribution in [0, 0.1) is 5.92 Å². The maximum atomic E-state index is 9.18. The number of aliphatic hydroxyl groups is 1. The highest BCUT2D eigenvalue weighted by atomic mass is 16.3. The molecular weight excluding hydrogens is 140 g/mol. The molecule has 0 aliphatic rings. The van der Waals surface area contributed by atoms with Crippen molar-refractivity contribution < 1.29 is 5.11 Å². The fourth-order valence-electron chi connectivity index (χ4n) is 0.989. The minimum absolute atomic E-state index is 0.216. The Labute approximate surface area is 68.8 Å². The Bertz CT molecular complexity index is 113. The first-order valence-corrected chi connectivity index (χ1v) is 4.06. The second kappa shape index (κ2) is 4.04. The molecule has 0 fully saturated rings. The highest BCUT2D eigenvalue weighted by molar-refractivity contribution is 4.82. The highest BCUT2D eigenvalue weighted by Gasteiger charge is 2.21. The lowest BCUT2D eigenvalue weighted by Crippen LogP contribution is -2.46. The molecule has 0 bridgehead atoms. The van der Waals surface area contributed by atoms with Crippen molar-refractivity contribution in [1.29, 1.82) is 0 Å². The molecule has 0 aromatic heterocycles. The zero-order valence-electron chi connectivity index (χ0n) is 7.67. The molecule has 3 heteroatoms. The quantitative estimate of drug-likeness (QED) is 0.545. The molecule has 0 aliphatic heterocycles. The normalized spacial score (nSPS) is 22.4. The van der Waals surface area contributed by atoms with Gasteiger partial charge in [0.25, 0.3) is 0 Å².